The van der Waals surface area contributed by atoms with E-state index in [1.54, 1.807) is 6.20 Å². The van der Waals surface area contributed by atoms with E-state index in [4.69, 9.17) is 4.74 Å². The van der Waals surface area contributed by atoms with E-state index in [1.807, 2.05) is 35.2 Å². The van der Waals surface area contributed by atoms with E-state index in [1.165, 1.54) is 25.7 Å². The van der Waals surface area contributed by atoms with Gasteiger partial charge in [0.25, 0.3) is 5.91 Å². The molecule has 3 heterocycles. The summed E-state index contributed by atoms with van der Waals surface area (Å²) in [6.45, 7) is 3.89. The lowest BCUT2D eigenvalue weighted by atomic mass is 9.95. The number of hydrogen-bond acceptors (Lipinski definition) is 5. The zero-order valence-electron chi connectivity index (χ0n) is 18.6. The number of ether oxygens (including phenoxy) is 1. The predicted molar refractivity (Wildman–Crippen MR) is 125 cm³/mol. The van der Waals surface area contributed by atoms with Crippen LogP contribution in [0.1, 0.15) is 62.2 Å². The highest BCUT2D eigenvalue weighted by Crippen LogP contribution is 2.34. The van der Waals surface area contributed by atoms with Crippen LogP contribution in [0.4, 0.5) is 5.82 Å². The highest BCUT2D eigenvalue weighted by Gasteiger charge is 2.22. The van der Waals surface area contributed by atoms with Gasteiger partial charge in [-0.2, -0.15) is 5.10 Å². The molecule has 2 aromatic heterocycles. The lowest BCUT2D eigenvalue weighted by molar-refractivity contribution is 0.0683. The Kier molecular flexibility index (Phi) is 5.97. The second-order valence-electron chi connectivity index (χ2n) is 9.21. The minimum absolute atomic E-state index is 0.100. The van der Waals surface area contributed by atoms with Crippen molar-refractivity contribution in [3.63, 3.8) is 0 Å². The van der Waals surface area contributed by atoms with E-state index in [-0.39, 0.29) is 5.91 Å². The van der Waals surface area contributed by atoms with Gasteiger partial charge in [0.05, 0.1) is 0 Å². The van der Waals surface area contributed by atoms with Gasteiger partial charge >= 0.3 is 0 Å². The van der Waals surface area contributed by atoms with Crippen molar-refractivity contribution in [2.45, 2.75) is 57.9 Å². The van der Waals surface area contributed by atoms with E-state index < -0.39 is 0 Å². The number of carbonyl (C=O) groups is 1. The van der Waals surface area contributed by atoms with Crippen LogP contribution in [0.5, 0.6) is 11.5 Å². The number of aromatic amines is 1. The number of H-pyrrole nitrogens is 1. The van der Waals surface area contributed by atoms with Gasteiger partial charge in [0, 0.05) is 37.0 Å². The molecule has 1 saturated carbocycles. The van der Waals surface area contributed by atoms with E-state index in [9.17, 15) is 4.79 Å². The quantitative estimate of drug-likeness (QED) is 0.565. The number of anilines is 1. The summed E-state index contributed by atoms with van der Waals surface area (Å²) in [6.07, 6.45) is 10.1. The molecule has 1 aliphatic carbocycles. The first-order valence-corrected chi connectivity index (χ1v) is 11.8. The molecular weight excluding hydrogens is 402 g/mol. The Labute approximate surface area is 188 Å². The van der Waals surface area contributed by atoms with E-state index in [2.05, 4.69) is 27.4 Å². The number of rotatable bonds is 5. The van der Waals surface area contributed by atoms with Crippen LogP contribution in [-0.2, 0) is 0 Å². The molecule has 168 valence electrons. The number of benzene rings is 1. The van der Waals surface area contributed by atoms with Crippen LogP contribution in [0.3, 0.4) is 0 Å². The van der Waals surface area contributed by atoms with Crippen LogP contribution in [-0.4, -0.2) is 45.1 Å². The van der Waals surface area contributed by atoms with Crippen LogP contribution in [0.2, 0.25) is 0 Å². The largest absolute Gasteiger partial charge is 0.456 e. The number of aromatic nitrogens is 3. The number of piperidine rings is 1. The summed E-state index contributed by atoms with van der Waals surface area (Å²) in [5.74, 6) is 2.84. The van der Waals surface area contributed by atoms with Gasteiger partial charge in [-0.15, -0.1) is 0 Å². The fourth-order valence-electron chi connectivity index (χ4n) is 4.90. The molecule has 7 nitrogen and oxygen atoms in total. The fourth-order valence-corrected chi connectivity index (χ4v) is 4.90. The van der Waals surface area contributed by atoms with E-state index in [0.29, 0.717) is 34.7 Å². The average molecular weight is 434 g/mol. The number of fused-ring (bicyclic) bond motifs is 1. The SMILES string of the molecule is CC1CCCN(C(=O)c2ccc(Oc3ccnc4[nH]nc(NC5CCCCC5)c34)cc2)C1. The van der Waals surface area contributed by atoms with Gasteiger partial charge in [0.1, 0.15) is 16.9 Å². The van der Waals surface area contributed by atoms with Crippen LogP contribution >= 0.6 is 0 Å². The number of hydrogen-bond donors (Lipinski definition) is 2. The van der Waals surface area contributed by atoms with Gasteiger partial charge in [0.2, 0.25) is 0 Å². The number of nitrogens with zero attached hydrogens (tertiary/aromatic N) is 3. The van der Waals surface area contributed by atoms with Gasteiger partial charge < -0.3 is 15.0 Å². The Bertz CT molecular complexity index is 1070. The molecule has 0 spiro atoms. The first-order valence-electron chi connectivity index (χ1n) is 11.8. The first-order chi connectivity index (χ1) is 15.7. The third-order valence-electron chi connectivity index (χ3n) is 6.64. The summed E-state index contributed by atoms with van der Waals surface area (Å²) in [5.41, 5.74) is 1.40. The number of likely N-dealkylation sites (tertiary alicyclic amines) is 1. The molecule has 2 N–H and O–H groups in total. The molecule has 3 aromatic rings. The molecule has 1 aromatic carbocycles. The van der Waals surface area contributed by atoms with Crippen LogP contribution in [0.15, 0.2) is 36.5 Å². The summed E-state index contributed by atoms with van der Waals surface area (Å²) in [5, 5.41) is 11.9. The van der Waals surface area contributed by atoms with Crippen molar-refractivity contribution in [2.75, 3.05) is 18.4 Å². The fraction of sp³-hybridized carbons (Fsp3) is 0.480. The van der Waals surface area contributed by atoms with Crippen molar-refractivity contribution < 1.29 is 9.53 Å². The second-order valence-corrected chi connectivity index (χ2v) is 9.21. The highest BCUT2D eigenvalue weighted by molar-refractivity contribution is 5.95. The Hall–Kier alpha value is -3.09. The number of amides is 1. The number of pyridine rings is 1. The lowest BCUT2D eigenvalue weighted by Gasteiger charge is -2.31. The van der Waals surface area contributed by atoms with Crippen molar-refractivity contribution in [1.29, 1.82) is 0 Å². The molecule has 1 saturated heterocycles. The van der Waals surface area contributed by atoms with Crippen molar-refractivity contribution >= 4 is 22.8 Å². The standard InChI is InChI=1S/C25H31N5O2/c1-17-6-5-15-30(16-17)25(31)18-9-11-20(12-10-18)32-21-13-14-26-23-22(21)24(29-28-23)27-19-7-3-2-4-8-19/h9-14,17,19H,2-8,15-16H2,1H3,(H2,26,27,28,29). The van der Waals surface area contributed by atoms with E-state index >= 15 is 0 Å². The molecule has 2 fully saturated rings. The normalized spacial score (nSPS) is 19.8. The maximum Gasteiger partial charge on any atom is 0.253 e. The van der Waals surface area contributed by atoms with Gasteiger partial charge in [0.15, 0.2) is 11.5 Å². The third-order valence-corrected chi connectivity index (χ3v) is 6.64. The minimum Gasteiger partial charge on any atom is -0.456 e. The molecular formula is C25H31N5O2. The Balaban J connectivity index is 1.33. The summed E-state index contributed by atoms with van der Waals surface area (Å²) in [6, 6.07) is 9.73. The minimum atomic E-state index is 0.100. The maximum absolute atomic E-state index is 12.8. The zero-order valence-corrected chi connectivity index (χ0v) is 18.6. The van der Waals surface area contributed by atoms with Crippen molar-refractivity contribution in [3.8, 4) is 11.5 Å². The third kappa shape index (κ3) is 4.42. The number of nitrogens with one attached hydrogen (secondary N) is 2. The molecule has 5 rings (SSSR count). The molecule has 1 atom stereocenters. The Morgan fingerprint density at radius 2 is 1.91 bits per heavy atom. The Morgan fingerprint density at radius 3 is 2.69 bits per heavy atom. The van der Waals surface area contributed by atoms with Gasteiger partial charge in [-0.05, 0) is 55.9 Å². The summed E-state index contributed by atoms with van der Waals surface area (Å²) < 4.78 is 6.21. The smallest absolute Gasteiger partial charge is 0.253 e. The molecule has 2 aliphatic rings. The van der Waals surface area contributed by atoms with Crippen molar-refractivity contribution in [3.05, 3.63) is 42.1 Å². The molecule has 1 amide bonds. The summed E-state index contributed by atoms with van der Waals surface area (Å²) in [4.78, 5) is 19.2. The average Bonchev–Trinajstić information content (AvgIpc) is 3.23. The van der Waals surface area contributed by atoms with Gasteiger partial charge in [-0.25, -0.2) is 4.98 Å². The summed E-state index contributed by atoms with van der Waals surface area (Å²) >= 11 is 0. The highest BCUT2D eigenvalue weighted by atomic mass is 16.5. The summed E-state index contributed by atoms with van der Waals surface area (Å²) in [7, 11) is 0. The molecule has 1 unspecified atom stereocenters. The zero-order chi connectivity index (χ0) is 21.9. The first kappa shape index (κ1) is 20.8. The van der Waals surface area contributed by atoms with Crippen molar-refractivity contribution in [1.82, 2.24) is 20.1 Å². The van der Waals surface area contributed by atoms with Crippen LogP contribution in [0.25, 0.3) is 11.0 Å². The van der Waals surface area contributed by atoms with Gasteiger partial charge in [-0.3, -0.25) is 9.89 Å². The molecule has 0 radical (unpaired) electrons. The van der Waals surface area contributed by atoms with Crippen LogP contribution < -0.4 is 10.1 Å². The lowest BCUT2D eigenvalue weighted by Crippen LogP contribution is -2.39. The monoisotopic (exact) mass is 433 g/mol. The molecule has 7 heteroatoms. The molecule has 1 aliphatic heterocycles. The second kappa shape index (κ2) is 9.18. The van der Waals surface area contributed by atoms with Crippen LogP contribution in [0, 0.1) is 5.92 Å². The Morgan fingerprint density at radius 1 is 1.09 bits per heavy atom. The number of carbonyl (C=O) groups excluding carboxylic acids is 1. The molecule has 0 bridgehead atoms. The van der Waals surface area contributed by atoms with Gasteiger partial charge in [-0.1, -0.05) is 26.2 Å². The van der Waals surface area contributed by atoms with Crippen molar-refractivity contribution in [2.24, 2.45) is 5.92 Å². The predicted octanol–water partition coefficient (Wildman–Crippen LogP) is 5.37. The maximum atomic E-state index is 12.8. The molecule has 32 heavy (non-hydrogen) atoms. The topological polar surface area (TPSA) is 83.1 Å². The van der Waals surface area contributed by atoms with E-state index in [0.717, 1.165) is 43.6 Å².